The Labute approximate surface area is 151 Å². The summed E-state index contributed by atoms with van der Waals surface area (Å²) in [6, 6.07) is 11.4. The molecule has 0 radical (unpaired) electrons. The number of benzene rings is 1. The van der Waals surface area contributed by atoms with E-state index in [9.17, 15) is 4.79 Å². The molecule has 6 heteroatoms. The molecular weight excluding hydrogens is 344 g/mol. The van der Waals surface area contributed by atoms with Gasteiger partial charge in [-0.25, -0.2) is 4.98 Å². The van der Waals surface area contributed by atoms with E-state index >= 15 is 0 Å². The number of amides is 1. The molecule has 1 atom stereocenters. The number of thioether (sulfide) groups is 1. The molecule has 1 aliphatic heterocycles. The van der Waals surface area contributed by atoms with Crippen molar-refractivity contribution < 1.29 is 9.53 Å². The molecule has 1 amide bonds. The summed E-state index contributed by atoms with van der Waals surface area (Å²) in [6.45, 7) is 1.45. The predicted molar refractivity (Wildman–Crippen MR) is 98.0 cm³/mol. The number of carbonyl (C=O) groups is 1. The van der Waals surface area contributed by atoms with Gasteiger partial charge in [0.2, 0.25) is 5.88 Å². The fourth-order valence-electron chi connectivity index (χ4n) is 2.77. The second kappa shape index (κ2) is 7.90. The Balaban J connectivity index is 1.68. The summed E-state index contributed by atoms with van der Waals surface area (Å²) < 4.78 is 5.04. The zero-order valence-corrected chi connectivity index (χ0v) is 15.0. The topological polar surface area (TPSA) is 42.4 Å². The Morgan fingerprint density at radius 1 is 1.29 bits per heavy atom. The molecule has 3 rings (SSSR count). The minimum atomic E-state index is 0.0190. The number of nitrogens with zero attached hydrogens (tertiary/aromatic N) is 2. The molecule has 1 aliphatic rings. The summed E-state index contributed by atoms with van der Waals surface area (Å²) in [5, 5.41) is 1.12. The maximum atomic E-state index is 12.7. The molecule has 1 aromatic carbocycles. The van der Waals surface area contributed by atoms with Crippen molar-refractivity contribution in [1.82, 2.24) is 9.88 Å². The van der Waals surface area contributed by atoms with Crippen LogP contribution in [0.1, 0.15) is 27.6 Å². The molecule has 0 spiro atoms. The smallest absolute Gasteiger partial charge is 0.255 e. The van der Waals surface area contributed by atoms with E-state index in [1.807, 2.05) is 34.9 Å². The average molecular weight is 363 g/mol. The first-order valence-electron chi connectivity index (χ1n) is 7.84. The monoisotopic (exact) mass is 362 g/mol. The van der Waals surface area contributed by atoms with E-state index in [1.165, 1.54) is 0 Å². The van der Waals surface area contributed by atoms with Crippen molar-refractivity contribution in [2.24, 2.45) is 0 Å². The number of methoxy groups -OCH3 is 1. The SMILES string of the molecule is COc1ccc(C(=O)N2CCSC(c3ccccc3Cl)CC2)cn1. The molecule has 1 unspecified atom stereocenters. The Morgan fingerprint density at radius 2 is 2.12 bits per heavy atom. The molecule has 24 heavy (non-hydrogen) atoms. The van der Waals surface area contributed by atoms with Gasteiger partial charge in [0.25, 0.3) is 5.91 Å². The Hall–Kier alpha value is -1.72. The third kappa shape index (κ3) is 3.84. The quantitative estimate of drug-likeness (QED) is 0.825. The van der Waals surface area contributed by atoms with E-state index in [4.69, 9.17) is 16.3 Å². The van der Waals surface area contributed by atoms with Crippen molar-refractivity contribution in [3.8, 4) is 5.88 Å². The molecule has 2 aromatic rings. The molecule has 0 N–H and O–H groups in total. The number of rotatable bonds is 3. The highest BCUT2D eigenvalue weighted by molar-refractivity contribution is 7.99. The maximum Gasteiger partial charge on any atom is 0.255 e. The van der Waals surface area contributed by atoms with Gasteiger partial charge in [0.05, 0.1) is 12.7 Å². The number of pyridine rings is 1. The zero-order valence-electron chi connectivity index (χ0n) is 13.4. The fourth-order valence-corrected chi connectivity index (χ4v) is 4.37. The number of carbonyl (C=O) groups excluding carboxylic acids is 1. The van der Waals surface area contributed by atoms with E-state index in [0.717, 1.165) is 29.3 Å². The Kier molecular flexibility index (Phi) is 5.63. The first-order chi connectivity index (χ1) is 11.7. The second-order valence-corrected chi connectivity index (χ2v) is 7.27. The van der Waals surface area contributed by atoms with E-state index in [2.05, 4.69) is 11.1 Å². The lowest BCUT2D eigenvalue weighted by atomic mass is 10.1. The minimum Gasteiger partial charge on any atom is -0.481 e. The summed E-state index contributed by atoms with van der Waals surface area (Å²) in [7, 11) is 1.56. The Bertz CT molecular complexity index is 708. The summed E-state index contributed by atoms with van der Waals surface area (Å²) >= 11 is 8.18. The second-order valence-electron chi connectivity index (χ2n) is 5.55. The molecule has 0 saturated carbocycles. The van der Waals surface area contributed by atoms with Crippen molar-refractivity contribution in [3.63, 3.8) is 0 Å². The number of hydrogen-bond donors (Lipinski definition) is 0. The third-order valence-electron chi connectivity index (χ3n) is 4.07. The number of aromatic nitrogens is 1. The molecule has 126 valence electrons. The summed E-state index contributed by atoms with van der Waals surface area (Å²) in [6.07, 6.45) is 2.47. The van der Waals surface area contributed by atoms with Gasteiger partial charge in [-0.1, -0.05) is 29.8 Å². The highest BCUT2D eigenvalue weighted by Crippen LogP contribution is 2.37. The van der Waals surface area contributed by atoms with Crippen molar-refractivity contribution in [1.29, 1.82) is 0 Å². The Morgan fingerprint density at radius 3 is 2.83 bits per heavy atom. The number of hydrogen-bond acceptors (Lipinski definition) is 4. The van der Waals surface area contributed by atoms with Crippen LogP contribution >= 0.6 is 23.4 Å². The first kappa shape index (κ1) is 17.1. The highest BCUT2D eigenvalue weighted by Gasteiger charge is 2.24. The van der Waals surface area contributed by atoms with E-state index < -0.39 is 0 Å². The molecular formula is C18H19ClN2O2S. The van der Waals surface area contributed by atoms with Crippen LogP contribution < -0.4 is 4.74 Å². The molecule has 2 heterocycles. The van der Waals surface area contributed by atoms with Crippen LogP contribution in [-0.2, 0) is 0 Å². The zero-order chi connectivity index (χ0) is 16.9. The summed E-state index contributed by atoms with van der Waals surface area (Å²) in [5.74, 6) is 1.42. The van der Waals surface area contributed by atoms with Gasteiger partial charge in [0.1, 0.15) is 0 Å². The van der Waals surface area contributed by atoms with Gasteiger partial charge in [0.15, 0.2) is 0 Å². The molecule has 1 fully saturated rings. The van der Waals surface area contributed by atoms with Crippen molar-refractivity contribution >= 4 is 29.3 Å². The van der Waals surface area contributed by atoms with Crippen LogP contribution in [0.4, 0.5) is 0 Å². The molecule has 4 nitrogen and oxygen atoms in total. The van der Waals surface area contributed by atoms with Crippen LogP contribution in [0.15, 0.2) is 42.6 Å². The lowest BCUT2D eigenvalue weighted by molar-refractivity contribution is 0.0766. The van der Waals surface area contributed by atoms with Crippen LogP contribution in [0.2, 0.25) is 5.02 Å². The van der Waals surface area contributed by atoms with Crippen molar-refractivity contribution in [3.05, 3.63) is 58.7 Å². The van der Waals surface area contributed by atoms with E-state index in [1.54, 1.807) is 25.4 Å². The highest BCUT2D eigenvalue weighted by atomic mass is 35.5. The predicted octanol–water partition coefficient (Wildman–Crippen LogP) is 4.06. The third-order valence-corrected chi connectivity index (χ3v) is 5.73. The molecule has 0 bridgehead atoms. The summed E-state index contributed by atoms with van der Waals surface area (Å²) in [4.78, 5) is 18.7. The van der Waals surface area contributed by atoms with Gasteiger partial charge >= 0.3 is 0 Å². The average Bonchev–Trinajstić information content (AvgIpc) is 2.88. The normalized spacial score (nSPS) is 18.1. The minimum absolute atomic E-state index is 0.0190. The van der Waals surface area contributed by atoms with Crippen LogP contribution in [-0.4, -0.2) is 41.7 Å². The number of halogens is 1. The number of ether oxygens (including phenoxy) is 1. The largest absolute Gasteiger partial charge is 0.481 e. The van der Waals surface area contributed by atoms with Crippen LogP contribution in [0.3, 0.4) is 0 Å². The van der Waals surface area contributed by atoms with Gasteiger partial charge < -0.3 is 9.64 Å². The van der Waals surface area contributed by atoms with Gasteiger partial charge in [0, 0.05) is 41.4 Å². The lowest BCUT2D eigenvalue weighted by Gasteiger charge is -2.20. The first-order valence-corrected chi connectivity index (χ1v) is 9.27. The van der Waals surface area contributed by atoms with Gasteiger partial charge in [-0.05, 0) is 24.1 Å². The van der Waals surface area contributed by atoms with Crippen molar-refractivity contribution in [2.45, 2.75) is 11.7 Å². The van der Waals surface area contributed by atoms with Gasteiger partial charge in [-0.15, -0.1) is 0 Å². The van der Waals surface area contributed by atoms with Crippen LogP contribution in [0.5, 0.6) is 5.88 Å². The van der Waals surface area contributed by atoms with Crippen molar-refractivity contribution in [2.75, 3.05) is 26.0 Å². The van der Waals surface area contributed by atoms with E-state index in [0.29, 0.717) is 23.2 Å². The summed E-state index contributed by atoms with van der Waals surface area (Å²) in [5.41, 5.74) is 1.75. The standard InChI is InChI=1S/C18H19ClN2O2S/c1-23-17-7-6-13(12-20-17)18(22)21-9-8-16(24-11-10-21)14-4-2-3-5-15(14)19/h2-7,12,16H,8-11H2,1H3. The van der Waals surface area contributed by atoms with E-state index in [-0.39, 0.29) is 5.91 Å². The lowest BCUT2D eigenvalue weighted by Crippen LogP contribution is -2.33. The van der Waals surface area contributed by atoms with Gasteiger partial charge in [-0.2, -0.15) is 11.8 Å². The molecule has 1 saturated heterocycles. The van der Waals surface area contributed by atoms with Crippen LogP contribution in [0.25, 0.3) is 0 Å². The fraction of sp³-hybridized carbons (Fsp3) is 0.333. The van der Waals surface area contributed by atoms with Gasteiger partial charge in [-0.3, -0.25) is 4.79 Å². The molecule has 0 aliphatic carbocycles. The maximum absolute atomic E-state index is 12.7. The molecule has 1 aromatic heterocycles. The van der Waals surface area contributed by atoms with Crippen LogP contribution in [0, 0.1) is 0 Å².